The average Bonchev–Trinajstić information content (AvgIpc) is 1.90. The van der Waals surface area contributed by atoms with Crippen molar-refractivity contribution in [3.8, 4) is 0 Å². The molecule has 0 aliphatic carbocycles. The summed E-state index contributed by atoms with van der Waals surface area (Å²) in [6.07, 6.45) is 0. The second-order valence-electron chi connectivity index (χ2n) is 1.57. The molecule has 0 atom stereocenters. The number of hydrogen-bond acceptors (Lipinski definition) is 1. The first-order chi connectivity index (χ1) is 4.30. The van der Waals surface area contributed by atoms with Crippen molar-refractivity contribution in [1.82, 2.24) is 0 Å². The summed E-state index contributed by atoms with van der Waals surface area (Å²) >= 11 is 10.8. The van der Waals surface area contributed by atoms with Gasteiger partial charge in [0, 0.05) is 23.6 Å². The van der Waals surface area contributed by atoms with Gasteiger partial charge in [-0.15, -0.1) is 0 Å². The first-order valence-electron chi connectivity index (χ1n) is 2.47. The zero-order valence-electron chi connectivity index (χ0n) is 4.59. The van der Waals surface area contributed by atoms with Crippen LogP contribution in [-0.2, 0) is 0 Å². The van der Waals surface area contributed by atoms with Gasteiger partial charge in [-0.2, -0.15) is 3.94 Å². The van der Waals surface area contributed by atoms with Crippen LogP contribution in [0.2, 0.25) is 0 Å². The molecule has 0 amide bonds. The van der Waals surface area contributed by atoms with Crippen LogP contribution in [-0.4, -0.2) is 29.6 Å². The number of benzene rings is 1. The monoisotopic (exact) mass is 185 g/mol. The molecule has 0 aromatic heterocycles. The molecule has 0 bridgehead atoms. The molecule has 0 radical (unpaired) electrons. The first kappa shape index (κ1) is 10.6. The van der Waals surface area contributed by atoms with E-state index in [-0.39, 0.29) is 29.6 Å². The van der Waals surface area contributed by atoms with Crippen molar-refractivity contribution in [1.29, 1.82) is 0 Å². The van der Waals surface area contributed by atoms with Crippen molar-refractivity contribution < 1.29 is 0 Å². The van der Waals surface area contributed by atoms with Crippen LogP contribution in [0.3, 0.4) is 0 Å². The predicted molar refractivity (Wildman–Crippen MR) is 47.8 cm³/mol. The van der Waals surface area contributed by atoms with E-state index in [1.807, 2.05) is 30.3 Å². The number of rotatable bonds is 1. The summed E-state index contributed by atoms with van der Waals surface area (Å²) in [6.45, 7) is 0. The Morgan fingerprint density at radius 2 is 1.50 bits per heavy atom. The number of nitrogens with zero attached hydrogens (tertiary/aromatic N) is 1. The Kier molecular flexibility index (Phi) is 5.59. The zero-order valence-corrected chi connectivity index (χ0v) is 6.10. The first-order valence-corrected chi connectivity index (χ1v) is 3.15. The van der Waals surface area contributed by atoms with Gasteiger partial charge >= 0.3 is 29.6 Å². The predicted octanol–water partition coefficient (Wildman–Crippen LogP) is 2.15. The maximum atomic E-state index is 5.40. The Morgan fingerprint density at radius 3 is 1.80 bits per heavy atom. The Bertz CT molecular complexity index is 178. The van der Waals surface area contributed by atoms with Gasteiger partial charge in [-0.1, -0.05) is 18.2 Å². The van der Waals surface area contributed by atoms with Gasteiger partial charge in [0.1, 0.15) is 0 Å². The fourth-order valence-electron chi connectivity index (χ4n) is 0.541. The zero-order chi connectivity index (χ0) is 6.69. The molecule has 50 valence electrons. The standard InChI is InChI=1S/C6H5Cl2N.Na.H/c7-9(8)6-4-2-1-3-5-6;;/h1-5H;;. The van der Waals surface area contributed by atoms with Crippen molar-refractivity contribution in [2.24, 2.45) is 0 Å². The molecule has 0 heterocycles. The average molecular weight is 186 g/mol. The molecule has 1 nitrogen and oxygen atoms in total. The molecule has 1 rings (SSSR count). The Labute approximate surface area is 92.4 Å². The van der Waals surface area contributed by atoms with Crippen molar-refractivity contribution in [3.63, 3.8) is 0 Å². The molecule has 0 unspecified atom stereocenters. The molecule has 0 saturated heterocycles. The number of para-hydroxylation sites is 1. The van der Waals surface area contributed by atoms with Crippen molar-refractivity contribution in [3.05, 3.63) is 30.3 Å². The maximum absolute atomic E-state index is 5.40. The summed E-state index contributed by atoms with van der Waals surface area (Å²) in [6, 6.07) is 9.28. The minimum absolute atomic E-state index is 0. The Hall–Kier alpha value is 0.600. The van der Waals surface area contributed by atoms with Crippen LogP contribution >= 0.6 is 23.6 Å². The van der Waals surface area contributed by atoms with Gasteiger partial charge in [0.05, 0.1) is 5.69 Å². The fraction of sp³-hybridized carbons (Fsp3) is 0. The van der Waals surface area contributed by atoms with Gasteiger partial charge in [-0.05, 0) is 12.1 Å². The van der Waals surface area contributed by atoms with Crippen LogP contribution in [0.25, 0.3) is 0 Å². The van der Waals surface area contributed by atoms with Crippen LogP contribution in [0.4, 0.5) is 5.69 Å². The van der Waals surface area contributed by atoms with E-state index in [9.17, 15) is 0 Å². The minimum atomic E-state index is 0. The van der Waals surface area contributed by atoms with Crippen molar-refractivity contribution >= 4 is 58.8 Å². The van der Waals surface area contributed by atoms with Crippen LogP contribution in [0.1, 0.15) is 0 Å². The molecular formula is C6H6Cl2NNa. The summed E-state index contributed by atoms with van der Waals surface area (Å²) in [7, 11) is 0. The van der Waals surface area contributed by atoms with Gasteiger partial charge in [-0.3, -0.25) is 0 Å². The van der Waals surface area contributed by atoms with Gasteiger partial charge in [0.2, 0.25) is 0 Å². The summed E-state index contributed by atoms with van der Waals surface area (Å²) in [4.78, 5) is 0. The van der Waals surface area contributed by atoms with Crippen molar-refractivity contribution in [2.45, 2.75) is 0 Å². The second kappa shape index (κ2) is 5.28. The van der Waals surface area contributed by atoms with Crippen LogP contribution in [0, 0.1) is 0 Å². The quantitative estimate of drug-likeness (QED) is 0.479. The van der Waals surface area contributed by atoms with E-state index in [0.717, 1.165) is 9.63 Å². The molecule has 10 heavy (non-hydrogen) atoms. The molecule has 1 aromatic rings. The van der Waals surface area contributed by atoms with E-state index >= 15 is 0 Å². The van der Waals surface area contributed by atoms with E-state index in [4.69, 9.17) is 23.6 Å². The molecule has 0 spiro atoms. The topological polar surface area (TPSA) is 3.24 Å². The van der Waals surface area contributed by atoms with E-state index in [1.54, 1.807) is 0 Å². The normalized spacial score (nSPS) is 8.20. The second-order valence-corrected chi connectivity index (χ2v) is 2.42. The van der Waals surface area contributed by atoms with Gasteiger partial charge in [0.25, 0.3) is 0 Å². The summed E-state index contributed by atoms with van der Waals surface area (Å²) < 4.78 is 1.03. The molecule has 0 saturated carbocycles. The third-order valence-corrected chi connectivity index (χ3v) is 1.34. The number of hydrogen-bond donors (Lipinski definition) is 0. The summed E-state index contributed by atoms with van der Waals surface area (Å²) in [5.41, 5.74) is 0.779. The fourth-order valence-corrected chi connectivity index (χ4v) is 0.766. The Balaban J connectivity index is 0.000000810. The van der Waals surface area contributed by atoms with E-state index in [2.05, 4.69) is 0 Å². The van der Waals surface area contributed by atoms with Gasteiger partial charge < -0.3 is 0 Å². The van der Waals surface area contributed by atoms with Crippen LogP contribution in [0.5, 0.6) is 0 Å². The SMILES string of the molecule is ClN(Cl)c1ccccc1.[NaH]. The molecule has 0 N–H and O–H groups in total. The molecule has 0 aliphatic rings. The van der Waals surface area contributed by atoms with E-state index in [0.29, 0.717) is 0 Å². The number of halogens is 2. The molecule has 4 heteroatoms. The summed E-state index contributed by atoms with van der Waals surface area (Å²) in [5, 5.41) is 0. The molecule has 1 aromatic carbocycles. The van der Waals surface area contributed by atoms with Crippen molar-refractivity contribution in [2.75, 3.05) is 3.94 Å². The van der Waals surface area contributed by atoms with E-state index in [1.165, 1.54) is 0 Å². The van der Waals surface area contributed by atoms with E-state index < -0.39 is 0 Å². The number of anilines is 1. The van der Waals surface area contributed by atoms with Gasteiger partial charge in [-0.25, -0.2) is 0 Å². The van der Waals surface area contributed by atoms with Gasteiger partial charge in [0.15, 0.2) is 0 Å². The Morgan fingerprint density at radius 1 is 1.00 bits per heavy atom. The third-order valence-electron chi connectivity index (χ3n) is 0.951. The van der Waals surface area contributed by atoms with Crippen LogP contribution < -0.4 is 3.94 Å². The molecular weight excluding hydrogens is 180 g/mol. The third kappa shape index (κ3) is 3.13. The molecule has 0 aliphatic heterocycles. The van der Waals surface area contributed by atoms with Crippen LogP contribution in [0.15, 0.2) is 30.3 Å². The summed E-state index contributed by atoms with van der Waals surface area (Å²) in [5.74, 6) is 0. The molecule has 0 fully saturated rings.